The van der Waals surface area contributed by atoms with Crippen molar-refractivity contribution in [1.29, 1.82) is 0 Å². The standard InChI is InChI=1S/C17H21ClN2O3S2/c1-3-11(4-2)16(21)19-17-20(13-8-6-5-7-12(13)18)14-9-25(22,23)10-15(14)24-17/h5-8,11,14-15H,3-4,9-10H2,1-2H3. The number of amides is 1. The summed E-state index contributed by atoms with van der Waals surface area (Å²) in [6.07, 6.45) is 1.48. The van der Waals surface area contributed by atoms with Gasteiger partial charge in [-0.05, 0) is 25.0 Å². The zero-order chi connectivity index (χ0) is 18.2. The van der Waals surface area contributed by atoms with Gasteiger partial charge in [0.05, 0.1) is 28.3 Å². The highest BCUT2D eigenvalue weighted by Gasteiger charge is 2.49. The summed E-state index contributed by atoms with van der Waals surface area (Å²) in [7, 11) is -3.08. The van der Waals surface area contributed by atoms with Crippen LogP contribution in [0.4, 0.5) is 5.69 Å². The second-order valence-corrected chi connectivity index (χ2v) is 10.1. The molecule has 2 atom stereocenters. The van der Waals surface area contributed by atoms with Gasteiger partial charge in [0.15, 0.2) is 15.0 Å². The Morgan fingerprint density at radius 1 is 1.32 bits per heavy atom. The second kappa shape index (κ2) is 7.29. The molecule has 5 nitrogen and oxygen atoms in total. The van der Waals surface area contributed by atoms with E-state index in [2.05, 4.69) is 4.99 Å². The average molecular weight is 401 g/mol. The molecule has 2 saturated heterocycles. The van der Waals surface area contributed by atoms with E-state index < -0.39 is 9.84 Å². The van der Waals surface area contributed by atoms with Gasteiger partial charge < -0.3 is 4.90 Å². The molecule has 0 spiro atoms. The van der Waals surface area contributed by atoms with Crippen molar-refractivity contribution in [2.75, 3.05) is 16.4 Å². The molecule has 0 radical (unpaired) electrons. The molecule has 2 unspecified atom stereocenters. The first-order valence-corrected chi connectivity index (χ1v) is 11.5. The second-order valence-electron chi connectivity index (χ2n) is 6.37. The molecule has 8 heteroatoms. The number of carbonyl (C=O) groups is 1. The maximum atomic E-state index is 12.5. The number of thioether (sulfide) groups is 1. The van der Waals surface area contributed by atoms with E-state index in [4.69, 9.17) is 11.6 Å². The maximum Gasteiger partial charge on any atom is 0.251 e. The Morgan fingerprint density at radius 2 is 2.00 bits per heavy atom. The molecule has 2 fully saturated rings. The molecule has 1 aromatic carbocycles. The van der Waals surface area contributed by atoms with Gasteiger partial charge in [0, 0.05) is 11.2 Å². The van der Waals surface area contributed by atoms with E-state index in [1.165, 1.54) is 11.8 Å². The summed E-state index contributed by atoms with van der Waals surface area (Å²) in [5.74, 6) is -0.0759. The third-order valence-electron chi connectivity index (χ3n) is 4.72. The zero-order valence-electron chi connectivity index (χ0n) is 14.2. The summed E-state index contributed by atoms with van der Waals surface area (Å²) >= 11 is 7.72. The number of carbonyl (C=O) groups excluding carboxylic acids is 1. The minimum atomic E-state index is -3.08. The van der Waals surface area contributed by atoms with Crippen molar-refractivity contribution in [2.45, 2.75) is 38.0 Å². The summed E-state index contributed by atoms with van der Waals surface area (Å²) in [5, 5.41) is 0.972. The lowest BCUT2D eigenvalue weighted by atomic mass is 10.0. The van der Waals surface area contributed by atoms with Crippen LogP contribution in [-0.4, -0.2) is 42.3 Å². The Balaban J connectivity index is 2.01. The van der Waals surface area contributed by atoms with E-state index in [9.17, 15) is 13.2 Å². The smallest absolute Gasteiger partial charge is 0.251 e. The number of benzene rings is 1. The van der Waals surface area contributed by atoms with E-state index >= 15 is 0 Å². The van der Waals surface area contributed by atoms with Crippen LogP contribution < -0.4 is 4.90 Å². The van der Waals surface area contributed by atoms with Crippen molar-refractivity contribution in [3.05, 3.63) is 29.3 Å². The fraction of sp³-hybridized carbons (Fsp3) is 0.529. The van der Waals surface area contributed by atoms with Gasteiger partial charge in [-0.15, -0.1) is 0 Å². The first kappa shape index (κ1) is 18.7. The number of para-hydroxylation sites is 1. The molecule has 0 N–H and O–H groups in total. The largest absolute Gasteiger partial charge is 0.314 e. The lowest BCUT2D eigenvalue weighted by Crippen LogP contribution is -2.38. The molecule has 1 aromatic rings. The monoisotopic (exact) mass is 400 g/mol. The van der Waals surface area contributed by atoms with Crippen molar-refractivity contribution in [3.8, 4) is 0 Å². The SMILES string of the molecule is CCC(CC)C(=O)N=C1SC2CS(=O)(=O)CC2N1c1ccccc1Cl. The summed E-state index contributed by atoms with van der Waals surface area (Å²) in [6, 6.07) is 7.04. The highest BCUT2D eigenvalue weighted by molar-refractivity contribution is 8.16. The predicted octanol–water partition coefficient (Wildman–Crippen LogP) is 3.38. The van der Waals surface area contributed by atoms with E-state index in [0.29, 0.717) is 15.9 Å². The van der Waals surface area contributed by atoms with Gasteiger partial charge in [0.1, 0.15) is 0 Å². The Hall–Kier alpha value is -1.05. The molecule has 1 amide bonds. The Labute approximate surface area is 157 Å². The number of anilines is 1. The first-order valence-electron chi connectivity index (χ1n) is 8.39. The van der Waals surface area contributed by atoms with Crippen LogP contribution in [-0.2, 0) is 14.6 Å². The van der Waals surface area contributed by atoms with Gasteiger partial charge in [-0.3, -0.25) is 4.79 Å². The van der Waals surface area contributed by atoms with Gasteiger partial charge in [0.25, 0.3) is 5.91 Å². The van der Waals surface area contributed by atoms with Crippen molar-refractivity contribution in [1.82, 2.24) is 0 Å². The van der Waals surface area contributed by atoms with Crippen LogP contribution in [0.3, 0.4) is 0 Å². The number of amidine groups is 1. The van der Waals surface area contributed by atoms with E-state index in [1.807, 2.05) is 36.9 Å². The maximum absolute atomic E-state index is 12.5. The van der Waals surface area contributed by atoms with E-state index in [1.54, 1.807) is 6.07 Å². The number of sulfone groups is 1. The molecule has 2 aliphatic heterocycles. The van der Waals surface area contributed by atoms with Crippen LogP contribution in [0, 0.1) is 5.92 Å². The van der Waals surface area contributed by atoms with Gasteiger partial charge in [-0.1, -0.05) is 49.3 Å². The molecular formula is C17H21ClN2O3S2. The fourth-order valence-corrected chi connectivity index (χ4v) is 7.46. The third kappa shape index (κ3) is 3.73. The van der Waals surface area contributed by atoms with Crippen LogP contribution in [0.5, 0.6) is 0 Å². The predicted molar refractivity (Wildman–Crippen MR) is 104 cm³/mol. The normalized spacial score (nSPS) is 26.4. The first-order chi connectivity index (χ1) is 11.9. The lowest BCUT2D eigenvalue weighted by Gasteiger charge is -2.25. The minimum absolute atomic E-state index is 0.0636. The molecule has 0 bridgehead atoms. The van der Waals surface area contributed by atoms with Crippen molar-refractivity contribution in [2.24, 2.45) is 10.9 Å². The molecule has 2 aliphatic rings. The summed E-state index contributed by atoms with van der Waals surface area (Å²) < 4.78 is 24.1. The number of hydrogen-bond donors (Lipinski definition) is 0. The van der Waals surface area contributed by atoms with Crippen LogP contribution in [0.2, 0.25) is 5.02 Å². The van der Waals surface area contributed by atoms with Crippen molar-refractivity contribution in [3.63, 3.8) is 0 Å². The molecule has 136 valence electrons. The van der Waals surface area contributed by atoms with Gasteiger partial charge in [-0.25, -0.2) is 8.42 Å². The van der Waals surface area contributed by atoms with Crippen LogP contribution in [0.25, 0.3) is 0 Å². The number of fused-ring (bicyclic) bond motifs is 1. The molecule has 0 aliphatic carbocycles. The van der Waals surface area contributed by atoms with Gasteiger partial charge in [0.2, 0.25) is 0 Å². The quantitative estimate of drug-likeness (QED) is 0.775. The minimum Gasteiger partial charge on any atom is -0.314 e. The third-order valence-corrected chi connectivity index (χ3v) is 8.25. The van der Waals surface area contributed by atoms with Crippen molar-refractivity contribution < 1.29 is 13.2 Å². The topological polar surface area (TPSA) is 66.8 Å². The number of hydrogen-bond acceptors (Lipinski definition) is 4. The van der Waals surface area contributed by atoms with Crippen LogP contribution in [0.1, 0.15) is 26.7 Å². The molecular weight excluding hydrogens is 380 g/mol. The number of rotatable bonds is 4. The van der Waals surface area contributed by atoms with E-state index in [0.717, 1.165) is 12.8 Å². The van der Waals surface area contributed by atoms with E-state index in [-0.39, 0.29) is 34.6 Å². The molecule has 0 saturated carbocycles. The highest BCUT2D eigenvalue weighted by atomic mass is 35.5. The Morgan fingerprint density at radius 3 is 2.64 bits per heavy atom. The number of aliphatic imine (C=N–C) groups is 1. The van der Waals surface area contributed by atoms with Gasteiger partial charge in [-0.2, -0.15) is 4.99 Å². The zero-order valence-corrected chi connectivity index (χ0v) is 16.6. The summed E-state index contributed by atoms with van der Waals surface area (Å²) in [4.78, 5) is 18.7. The average Bonchev–Trinajstić information content (AvgIpc) is 3.00. The summed E-state index contributed by atoms with van der Waals surface area (Å²) in [5.41, 5.74) is 0.706. The number of halogens is 1. The molecule has 3 rings (SSSR count). The number of nitrogens with zero attached hydrogens (tertiary/aromatic N) is 2. The van der Waals surface area contributed by atoms with Crippen molar-refractivity contribution >= 4 is 50.0 Å². The van der Waals surface area contributed by atoms with Crippen LogP contribution in [0.15, 0.2) is 29.3 Å². The molecule has 2 heterocycles. The fourth-order valence-electron chi connectivity index (χ4n) is 3.32. The molecule has 25 heavy (non-hydrogen) atoms. The lowest BCUT2D eigenvalue weighted by molar-refractivity contribution is -0.121. The van der Waals surface area contributed by atoms with Crippen LogP contribution >= 0.6 is 23.4 Å². The van der Waals surface area contributed by atoms with Gasteiger partial charge >= 0.3 is 0 Å². The Bertz CT molecular complexity index is 806. The Kier molecular flexibility index (Phi) is 5.46. The highest BCUT2D eigenvalue weighted by Crippen LogP contribution is 2.43. The molecule has 0 aromatic heterocycles. The summed E-state index contributed by atoms with van der Waals surface area (Å²) in [6.45, 7) is 3.95.